The Labute approximate surface area is 144 Å². The van der Waals surface area contributed by atoms with Crippen molar-refractivity contribution < 1.29 is 4.79 Å². The molecule has 0 saturated heterocycles. The molecule has 1 amide bonds. The predicted molar refractivity (Wildman–Crippen MR) is 96.5 cm³/mol. The molecule has 1 aliphatic heterocycles. The molecule has 0 N–H and O–H groups in total. The van der Waals surface area contributed by atoms with Crippen molar-refractivity contribution in [3.05, 3.63) is 64.8 Å². The van der Waals surface area contributed by atoms with Crippen LogP contribution >= 0.6 is 11.3 Å². The van der Waals surface area contributed by atoms with Gasteiger partial charge in [-0.25, -0.2) is 4.98 Å². The lowest BCUT2D eigenvalue weighted by molar-refractivity contribution is 0.0988. The van der Waals surface area contributed by atoms with E-state index in [9.17, 15) is 4.79 Å². The minimum absolute atomic E-state index is 0.0410. The van der Waals surface area contributed by atoms with E-state index in [-0.39, 0.29) is 5.91 Å². The van der Waals surface area contributed by atoms with Crippen molar-refractivity contribution in [2.24, 2.45) is 0 Å². The summed E-state index contributed by atoms with van der Waals surface area (Å²) in [6.07, 6.45) is 3.77. The largest absolute Gasteiger partial charge is 0.307 e. The molecular formula is C19H17N3OS. The van der Waals surface area contributed by atoms with Gasteiger partial charge in [0.2, 0.25) is 0 Å². The molecule has 3 aromatic rings. The molecule has 0 radical (unpaired) electrons. The van der Waals surface area contributed by atoms with Gasteiger partial charge >= 0.3 is 0 Å². The first-order valence-electron chi connectivity index (χ1n) is 8.02. The fraction of sp³-hybridized carbons (Fsp3) is 0.211. The zero-order valence-corrected chi connectivity index (χ0v) is 14.2. The Bertz CT molecular complexity index is 889. The van der Waals surface area contributed by atoms with E-state index < -0.39 is 0 Å². The number of para-hydroxylation sites is 1. The maximum atomic E-state index is 13.1. The molecule has 1 aliphatic rings. The van der Waals surface area contributed by atoms with Crippen LogP contribution in [0.1, 0.15) is 27.3 Å². The van der Waals surface area contributed by atoms with Gasteiger partial charge in [-0.1, -0.05) is 24.3 Å². The fourth-order valence-corrected chi connectivity index (χ4v) is 4.05. The molecule has 0 saturated carbocycles. The lowest BCUT2D eigenvalue weighted by Gasteiger charge is -2.29. The number of carbonyl (C=O) groups excluding carboxylic acids is 1. The van der Waals surface area contributed by atoms with Crippen LogP contribution in [0.3, 0.4) is 0 Å². The van der Waals surface area contributed by atoms with Gasteiger partial charge in [-0.05, 0) is 43.5 Å². The normalized spacial score (nSPS) is 13.6. The number of hydrogen-bond donors (Lipinski definition) is 0. The van der Waals surface area contributed by atoms with Crippen LogP contribution in [0.25, 0.3) is 10.7 Å². The van der Waals surface area contributed by atoms with E-state index in [1.54, 1.807) is 6.20 Å². The predicted octanol–water partition coefficient (Wildman–Crippen LogP) is 4.11. The van der Waals surface area contributed by atoms with Crippen LogP contribution in [0.2, 0.25) is 0 Å². The Kier molecular flexibility index (Phi) is 3.86. The summed E-state index contributed by atoms with van der Waals surface area (Å²) in [6, 6.07) is 13.9. The number of pyridine rings is 1. The molecule has 0 aliphatic carbocycles. The molecule has 2 aromatic heterocycles. The molecule has 4 nitrogen and oxygen atoms in total. The summed E-state index contributed by atoms with van der Waals surface area (Å²) in [5, 5.41) is 0.793. The number of aromatic nitrogens is 2. The van der Waals surface area contributed by atoms with E-state index in [1.807, 2.05) is 48.2 Å². The molecule has 4 rings (SSSR count). The first-order chi connectivity index (χ1) is 11.7. The Morgan fingerprint density at radius 2 is 2.00 bits per heavy atom. The number of anilines is 1. The Balaban J connectivity index is 1.70. The fourth-order valence-electron chi connectivity index (χ4n) is 3.06. The molecule has 1 aromatic carbocycles. The molecule has 0 spiro atoms. The Hall–Kier alpha value is -2.53. The van der Waals surface area contributed by atoms with Crippen molar-refractivity contribution >= 4 is 22.9 Å². The van der Waals surface area contributed by atoms with Gasteiger partial charge in [0.25, 0.3) is 5.91 Å². The number of carbonyl (C=O) groups is 1. The average Bonchev–Trinajstić information content (AvgIpc) is 3.03. The highest BCUT2D eigenvalue weighted by Gasteiger charge is 2.26. The second kappa shape index (κ2) is 6.17. The molecular weight excluding hydrogens is 318 g/mol. The number of amides is 1. The van der Waals surface area contributed by atoms with Crippen LogP contribution in [0.15, 0.2) is 48.7 Å². The molecule has 0 bridgehead atoms. The highest BCUT2D eigenvalue weighted by Crippen LogP contribution is 2.32. The lowest BCUT2D eigenvalue weighted by atomic mass is 10.0. The van der Waals surface area contributed by atoms with Crippen LogP contribution in [-0.4, -0.2) is 22.4 Å². The van der Waals surface area contributed by atoms with E-state index in [0.29, 0.717) is 4.88 Å². The summed E-state index contributed by atoms with van der Waals surface area (Å²) in [4.78, 5) is 24.6. The van der Waals surface area contributed by atoms with Crippen LogP contribution < -0.4 is 4.90 Å². The zero-order chi connectivity index (χ0) is 16.5. The molecule has 120 valence electrons. The summed E-state index contributed by atoms with van der Waals surface area (Å²) in [6.45, 7) is 2.65. The SMILES string of the molecule is Cc1nc(-c2ccccn2)sc1C(=O)N1CCCc2ccccc21. The van der Waals surface area contributed by atoms with Gasteiger partial charge in [0.15, 0.2) is 0 Å². The number of nitrogens with zero attached hydrogens (tertiary/aromatic N) is 3. The van der Waals surface area contributed by atoms with Gasteiger partial charge in [0.1, 0.15) is 9.88 Å². The summed E-state index contributed by atoms with van der Waals surface area (Å²) < 4.78 is 0. The van der Waals surface area contributed by atoms with Gasteiger partial charge in [0.05, 0.1) is 11.4 Å². The third-order valence-corrected chi connectivity index (χ3v) is 5.40. The van der Waals surface area contributed by atoms with E-state index in [4.69, 9.17) is 0 Å². The number of fused-ring (bicyclic) bond motifs is 1. The Morgan fingerprint density at radius 3 is 2.83 bits per heavy atom. The first kappa shape index (κ1) is 15.0. The number of hydrogen-bond acceptors (Lipinski definition) is 4. The van der Waals surface area contributed by atoms with Crippen LogP contribution in [0.4, 0.5) is 5.69 Å². The van der Waals surface area contributed by atoms with Crippen LogP contribution in [0.5, 0.6) is 0 Å². The third-order valence-electron chi connectivity index (χ3n) is 4.23. The van der Waals surface area contributed by atoms with Crippen molar-refractivity contribution in [3.8, 4) is 10.7 Å². The quantitative estimate of drug-likeness (QED) is 0.708. The number of aryl methyl sites for hydroxylation is 2. The van der Waals surface area contributed by atoms with Crippen LogP contribution in [0, 0.1) is 6.92 Å². The van der Waals surface area contributed by atoms with Crippen molar-refractivity contribution in [3.63, 3.8) is 0 Å². The monoisotopic (exact) mass is 335 g/mol. The molecule has 5 heteroatoms. The highest BCUT2D eigenvalue weighted by molar-refractivity contribution is 7.17. The molecule has 0 fully saturated rings. The summed E-state index contributed by atoms with van der Waals surface area (Å²) in [7, 11) is 0. The molecule has 24 heavy (non-hydrogen) atoms. The molecule has 0 atom stereocenters. The van der Waals surface area contributed by atoms with Crippen molar-refractivity contribution in [1.82, 2.24) is 9.97 Å². The standard InChI is InChI=1S/C19H17N3OS/c1-13-17(24-18(21-13)15-9-4-5-11-20-15)19(23)22-12-6-8-14-7-2-3-10-16(14)22/h2-5,7,9-11H,6,8,12H2,1H3. The second-order valence-corrected chi connectivity index (χ2v) is 6.84. The van der Waals surface area contributed by atoms with E-state index in [2.05, 4.69) is 16.0 Å². The topological polar surface area (TPSA) is 46.1 Å². The zero-order valence-electron chi connectivity index (χ0n) is 13.4. The van der Waals surface area contributed by atoms with Gasteiger partial charge in [-0.3, -0.25) is 9.78 Å². The lowest BCUT2D eigenvalue weighted by Crippen LogP contribution is -2.35. The maximum Gasteiger partial charge on any atom is 0.270 e. The third kappa shape index (κ3) is 2.61. The van der Waals surface area contributed by atoms with Gasteiger partial charge in [-0.15, -0.1) is 11.3 Å². The average molecular weight is 335 g/mol. The molecule has 3 heterocycles. The van der Waals surface area contributed by atoms with E-state index >= 15 is 0 Å². The van der Waals surface area contributed by atoms with Crippen molar-refractivity contribution in [1.29, 1.82) is 0 Å². The Morgan fingerprint density at radius 1 is 1.17 bits per heavy atom. The maximum absolute atomic E-state index is 13.1. The summed E-state index contributed by atoms with van der Waals surface area (Å²) >= 11 is 1.42. The summed E-state index contributed by atoms with van der Waals surface area (Å²) in [5.74, 6) is 0.0410. The van der Waals surface area contributed by atoms with E-state index in [1.165, 1.54) is 16.9 Å². The summed E-state index contributed by atoms with van der Waals surface area (Å²) in [5.41, 5.74) is 3.85. The first-order valence-corrected chi connectivity index (χ1v) is 8.84. The number of benzene rings is 1. The van der Waals surface area contributed by atoms with Gasteiger partial charge < -0.3 is 4.90 Å². The van der Waals surface area contributed by atoms with E-state index in [0.717, 1.165) is 41.5 Å². The number of rotatable bonds is 2. The molecule has 0 unspecified atom stereocenters. The van der Waals surface area contributed by atoms with Gasteiger partial charge in [-0.2, -0.15) is 0 Å². The second-order valence-electron chi connectivity index (χ2n) is 5.84. The smallest absolute Gasteiger partial charge is 0.270 e. The minimum atomic E-state index is 0.0410. The van der Waals surface area contributed by atoms with Crippen LogP contribution in [-0.2, 0) is 6.42 Å². The number of thiazole rings is 1. The van der Waals surface area contributed by atoms with Gasteiger partial charge in [0, 0.05) is 18.4 Å². The van der Waals surface area contributed by atoms with Crippen molar-refractivity contribution in [2.75, 3.05) is 11.4 Å². The highest BCUT2D eigenvalue weighted by atomic mass is 32.1. The van der Waals surface area contributed by atoms with Crippen molar-refractivity contribution in [2.45, 2.75) is 19.8 Å². The minimum Gasteiger partial charge on any atom is -0.307 e.